The zero-order valence-electron chi connectivity index (χ0n) is 9.04. The molecule has 1 N–H and O–H groups in total. The van der Waals surface area contributed by atoms with E-state index in [0.717, 1.165) is 0 Å². The van der Waals surface area contributed by atoms with Gasteiger partial charge < -0.3 is 9.84 Å². The van der Waals surface area contributed by atoms with Crippen molar-refractivity contribution >= 4 is 5.97 Å². The predicted molar refractivity (Wildman–Crippen MR) is 53.8 cm³/mol. The summed E-state index contributed by atoms with van der Waals surface area (Å²) in [6, 6.07) is 3.86. The van der Waals surface area contributed by atoms with Crippen molar-refractivity contribution in [3.05, 3.63) is 23.8 Å². The van der Waals surface area contributed by atoms with Crippen LogP contribution < -0.4 is 4.74 Å². The molecule has 3 nitrogen and oxygen atoms in total. The third-order valence-electron chi connectivity index (χ3n) is 2.04. The van der Waals surface area contributed by atoms with E-state index in [1.54, 1.807) is 6.92 Å². The van der Waals surface area contributed by atoms with Gasteiger partial charge in [0.1, 0.15) is 11.5 Å². The first kappa shape index (κ1) is 13.3. The molecule has 0 aliphatic carbocycles. The van der Waals surface area contributed by atoms with Gasteiger partial charge >= 0.3 is 12.1 Å². The number of phenols is 1. The van der Waals surface area contributed by atoms with Crippen LogP contribution in [0.3, 0.4) is 0 Å². The van der Waals surface area contributed by atoms with Gasteiger partial charge in [-0.3, -0.25) is 0 Å². The van der Waals surface area contributed by atoms with Crippen LogP contribution in [0.4, 0.5) is 13.2 Å². The van der Waals surface area contributed by atoms with Gasteiger partial charge in [-0.2, -0.15) is 13.2 Å². The molecule has 1 aromatic carbocycles. The quantitative estimate of drug-likeness (QED) is 0.660. The number of hydrogen-bond donors (Lipinski definition) is 1. The van der Waals surface area contributed by atoms with Gasteiger partial charge in [-0.15, -0.1) is 0 Å². The van der Waals surface area contributed by atoms with Crippen molar-refractivity contribution in [1.82, 2.24) is 0 Å². The van der Waals surface area contributed by atoms with E-state index in [4.69, 9.17) is 0 Å². The van der Waals surface area contributed by atoms with Crippen molar-refractivity contribution in [2.45, 2.75) is 25.9 Å². The van der Waals surface area contributed by atoms with Gasteiger partial charge in [-0.05, 0) is 18.6 Å². The number of hydrogen-bond acceptors (Lipinski definition) is 3. The molecule has 0 unspecified atom stereocenters. The average Bonchev–Trinajstić information content (AvgIpc) is 2.21. The second-order valence-corrected chi connectivity index (χ2v) is 3.39. The highest BCUT2D eigenvalue weighted by atomic mass is 19.4. The number of benzene rings is 1. The maximum absolute atomic E-state index is 12.0. The summed E-state index contributed by atoms with van der Waals surface area (Å²) in [4.78, 5) is 10.7. The van der Waals surface area contributed by atoms with Gasteiger partial charge in [-0.1, -0.05) is 19.4 Å². The van der Waals surface area contributed by atoms with Crippen LogP contribution in [0.1, 0.15) is 18.9 Å². The Bertz CT molecular complexity index is 413. The maximum Gasteiger partial charge on any atom is 0.491 e. The average molecular weight is 248 g/mol. The Hall–Kier alpha value is -1.72. The molecule has 0 saturated heterocycles. The largest absolute Gasteiger partial charge is 0.508 e. The summed E-state index contributed by atoms with van der Waals surface area (Å²) in [5, 5.41) is 9.47. The Morgan fingerprint density at radius 1 is 1.41 bits per heavy atom. The minimum absolute atomic E-state index is 0.181. The van der Waals surface area contributed by atoms with Gasteiger partial charge in [0.25, 0.3) is 0 Å². The topological polar surface area (TPSA) is 46.5 Å². The monoisotopic (exact) mass is 248 g/mol. The van der Waals surface area contributed by atoms with Gasteiger partial charge in [0.15, 0.2) is 0 Å². The Morgan fingerprint density at radius 3 is 2.59 bits per heavy atom. The van der Waals surface area contributed by atoms with E-state index in [0.29, 0.717) is 12.8 Å². The van der Waals surface area contributed by atoms with E-state index >= 15 is 0 Å². The molecular formula is C11H11F3O3. The van der Waals surface area contributed by atoms with E-state index in [1.807, 2.05) is 0 Å². The van der Waals surface area contributed by atoms with E-state index in [9.17, 15) is 23.1 Å². The van der Waals surface area contributed by atoms with Crippen LogP contribution in [-0.2, 0) is 11.2 Å². The van der Waals surface area contributed by atoms with Crippen molar-refractivity contribution in [3.8, 4) is 11.5 Å². The molecule has 0 bridgehead atoms. The fraction of sp³-hybridized carbons (Fsp3) is 0.364. The number of carbonyl (C=O) groups excluding carboxylic acids is 1. The Kier molecular flexibility index (Phi) is 3.98. The number of alkyl halides is 3. The van der Waals surface area contributed by atoms with Crippen LogP contribution >= 0.6 is 0 Å². The van der Waals surface area contributed by atoms with Crippen LogP contribution in [0, 0.1) is 0 Å². The van der Waals surface area contributed by atoms with E-state index in [2.05, 4.69) is 4.74 Å². The summed E-state index contributed by atoms with van der Waals surface area (Å²) in [5.74, 6) is -2.73. The summed E-state index contributed by atoms with van der Waals surface area (Å²) in [6.45, 7) is 1.79. The second kappa shape index (κ2) is 5.07. The van der Waals surface area contributed by atoms with Crippen molar-refractivity contribution in [3.63, 3.8) is 0 Å². The normalized spacial score (nSPS) is 11.3. The number of phenolic OH excluding ortho intramolecular Hbond substituents is 1. The summed E-state index contributed by atoms with van der Waals surface area (Å²) >= 11 is 0. The summed E-state index contributed by atoms with van der Waals surface area (Å²) in [5.41, 5.74) is 0.201. The molecule has 1 aromatic rings. The van der Waals surface area contributed by atoms with Gasteiger partial charge in [0, 0.05) is 5.56 Å². The molecule has 0 aliphatic rings. The highest BCUT2D eigenvalue weighted by Crippen LogP contribution is 2.30. The third-order valence-corrected chi connectivity index (χ3v) is 2.04. The fourth-order valence-electron chi connectivity index (χ4n) is 1.31. The lowest BCUT2D eigenvalue weighted by Gasteiger charge is -2.11. The number of carbonyl (C=O) groups is 1. The minimum Gasteiger partial charge on any atom is -0.508 e. The summed E-state index contributed by atoms with van der Waals surface area (Å²) < 4.78 is 40.3. The van der Waals surface area contributed by atoms with E-state index in [-0.39, 0.29) is 17.1 Å². The molecule has 0 radical (unpaired) electrons. The standard InChI is InChI=1S/C11H11F3O3/c1-2-4-7-8(15)5-3-6-9(7)17-10(16)11(12,13)14/h3,5-6,15H,2,4H2,1H3. The molecule has 6 heteroatoms. The van der Waals surface area contributed by atoms with Crippen molar-refractivity contribution in [2.24, 2.45) is 0 Å². The first-order chi connectivity index (χ1) is 7.86. The molecule has 0 amide bonds. The third kappa shape index (κ3) is 3.37. The SMILES string of the molecule is CCCc1c(O)cccc1OC(=O)C(F)(F)F. The smallest absolute Gasteiger partial charge is 0.491 e. The van der Waals surface area contributed by atoms with Crippen LogP contribution in [0.2, 0.25) is 0 Å². The number of ether oxygens (including phenoxy) is 1. The molecule has 1 rings (SSSR count). The lowest BCUT2D eigenvalue weighted by Crippen LogP contribution is -2.28. The molecule has 0 heterocycles. The Labute approximate surface area is 95.8 Å². The first-order valence-corrected chi connectivity index (χ1v) is 4.96. The van der Waals surface area contributed by atoms with Gasteiger partial charge in [0.05, 0.1) is 0 Å². The highest BCUT2D eigenvalue weighted by Gasteiger charge is 2.41. The van der Waals surface area contributed by atoms with E-state index < -0.39 is 12.1 Å². The van der Waals surface area contributed by atoms with Gasteiger partial charge in [-0.25, -0.2) is 4.79 Å². The number of rotatable bonds is 3. The lowest BCUT2D eigenvalue weighted by atomic mass is 10.1. The predicted octanol–water partition coefficient (Wildman–Crippen LogP) is 2.81. The molecule has 0 atom stereocenters. The highest BCUT2D eigenvalue weighted by molar-refractivity contribution is 5.78. The molecule has 0 aliphatic heterocycles. The molecule has 0 aromatic heterocycles. The second-order valence-electron chi connectivity index (χ2n) is 3.39. The molecule has 0 fully saturated rings. The van der Waals surface area contributed by atoms with Crippen LogP contribution in [-0.4, -0.2) is 17.3 Å². The van der Waals surface area contributed by atoms with Gasteiger partial charge in [0.2, 0.25) is 0 Å². The number of aromatic hydroxyl groups is 1. The van der Waals surface area contributed by atoms with Crippen LogP contribution in [0.25, 0.3) is 0 Å². The Balaban J connectivity index is 2.98. The first-order valence-electron chi connectivity index (χ1n) is 4.96. The summed E-state index contributed by atoms with van der Waals surface area (Å²) in [6.07, 6.45) is -4.11. The molecule has 94 valence electrons. The zero-order valence-corrected chi connectivity index (χ0v) is 9.04. The molecule has 0 saturated carbocycles. The van der Waals surface area contributed by atoms with Crippen molar-refractivity contribution in [1.29, 1.82) is 0 Å². The van der Waals surface area contributed by atoms with Crippen LogP contribution in [0.15, 0.2) is 18.2 Å². The van der Waals surface area contributed by atoms with Crippen molar-refractivity contribution in [2.75, 3.05) is 0 Å². The van der Waals surface area contributed by atoms with E-state index in [1.165, 1.54) is 18.2 Å². The maximum atomic E-state index is 12.0. The minimum atomic E-state index is -5.05. The number of halogens is 3. The molecular weight excluding hydrogens is 237 g/mol. The summed E-state index contributed by atoms with van der Waals surface area (Å²) in [7, 11) is 0. The van der Waals surface area contributed by atoms with Crippen LogP contribution in [0.5, 0.6) is 11.5 Å². The van der Waals surface area contributed by atoms with Crippen molar-refractivity contribution < 1.29 is 27.8 Å². The molecule has 0 spiro atoms. The molecule has 17 heavy (non-hydrogen) atoms. The number of esters is 1. The fourth-order valence-corrected chi connectivity index (χ4v) is 1.31. The zero-order chi connectivity index (χ0) is 13.1. The lowest BCUT2D eigenvalue weighted by molar-refractivity contribution is -0.189. The Morgan fingerprint density at radius 2 is 2.06 bits per heavy atom.